The number of hydrogen-bond acceptors (Lipinski definition) is 7. The van der Waals surface area contributed by atoms with Gasteiger partial charge in [-0.05, 0) is 11.6 Å². The van der Waals surface area contributed by atoms with Crippen LogP contribution in [0.3, 0.4) is 0 Å². The molecule has 0 radical (unpaired) electrons. The average molecular weight is 389 g/mol. The van der Waals surface area contributed by atoms with Crippen molar-refractivity contribution in [3.05, 3.63) is 77.3 Å². The van der Waals surface area contributed by atoms with Crippen LogP contribution < -0.4 is 10.9 Å². The Bertz CT molecular complexity index is 1230. The zero-order valence-corrected chi connectivity index (χ0v) is 15.2. The molecule has 0 aliphatic rings. The normalized spacial score (nSPS) is 10.7. The number of anilines is 1. The molecule has 29 heavy (non-hydrogen) atoms. The van der Waals surface area contributed by atoms with E-state index >= 15 is 0 Å². The highest BCUT2D eigenvalue weighted by Crippen LogP contribution is 2.30. The van der Waals surface area contributed by atoms with Crippen molar-refractivity contribution in [3.63, 3.8) is 0 Å². The van der Waals surface area contributed by atoms with E-state index in [-0.39, 0.29) is 11.5 Å². The van der Waals surface area contributed by atoms with Gasteiger partial charge in [0, 0.05) is 30.6 Å². The quantitative estimate of drug-likeness (QED) is 0.549. The molecule has 144 valence electrons. The molecule has 9 heteroatoms. The van der Waals surface area contributed by atoms with Crippen LogP contribution in [-0.4, -0.2) is 30.7 Å². The summed E-state index contributed by atoms with van der Waals surface area (Å²) in [6, 6.07) is 11.0. The third kappa shape index (κ3) is 3.36. The monoisotopic (exact) mass is 389 g/mol. The van der Waals surface area contributed by atoms with Crippen LogP contribution in [0.15, 0.2) is 70.6 Å². The van der Waals surface area contributed by atoms with Gasteiger partial charge in [-0.25, -0.2) is 4.98 Å². The van der Waals surface area contributed by atoms with Crippen molar-refractivity contribution in [1.29, 1.82) is 0 Å². The lowest BCUT2D eigenvalue weighted by Gasteiger charge is -2.14. The summed E-state index contributed by atoms with van der Waals surface area (Å²) in [5.74, 6) is -1.28. The molecule has 0 aliphatic heterocycles. The number of aromatic hydroxyl groups is 1. The maximum atomic E-state index is 12.6. The average Bonchev–Trinajstić information content (AvgIpc) is 3.26. The van der Waals surface area contributed by atoms with Gasteiger partial charge in [0.2, 0.25) is 5.75 Å². The minimum Gasteiger partial charge on any atom is -0.501 e. The highest BCUT2D eigenvalue weighted by molar-refractivity contribution is 6.04. The molecule has 4 aromatic rings. The standard InChI is InChI=1S/C20H15N5O4/c1-25-18(15-7-3-2-6-14(15)12-5-4-8-21-9-12)24-16(17(26)20(25)28)19(27)23-13-10-22-29-11-13/h2-11,26H,1H3,(H,23,27). The largest absolute Gasteiger partial charge is 0.501 e. The molecule has 1 amide bonds. The van der Waals surface area contributed by atoms with Crippen molar-refractivity contribution in [3.8, 4) is 28.3 Å². The van der Waals surface area contributed by atoms with Crippen LogP contribution >= 0.6 is 0 Å². The second kappa shape index (κ2) is 7.39. The first-order valence-electron chi connectivity index (χ1n) is 8.57. The van der Waals surface area contributed by atoms with Gasteiger partial charge in [-0.1, -0.05) is 35.5 Å². The molecule has 0 aliphatic carbocycles. The van der Waals surface area contributed by atoms with Crippen LogP contribution in [0, 0.1) is 0 Å². The zero-order valence-electron chi connectivity index (χ0n) is 15.2. The maximum absolute atomic E-state index is 12.6. The SMILES string of the molecule is Cn1c(-c2ccccc2-c2cccnc2)nc(C(=O)Nc2cnoc2)c(O)c1=O. The lowest BCUT2D eigenvalue weighted by atomic mass is 10.0. The lowest BCUT2D eigenvalue weighted by Crippen LogP contribution is -2.25. The first-order chi connectivity index (χ1) is 14.1. The molecule has 3 heterocycles. The second-order valence-electron chi connectivity index (χ2n) is 6.15. The van der Waals surface area contributed by atoms with E-state index in [9.17, 15) is 14.7 Å². The van der Waals surface area contributed by atoms with Crippen LogP contribution in [0.5, 0.6) is 5.75 Å². The minimum atomic E-state index is -0.761. The smallest absolute Gasteiger partial charge is 0.296 e. The molecular weight excluding hydrogens is 374 g/mol. The van der Waals surface area contributed by atoms with Gasteiger partial charge in [-0.3, -0.25) is 19.1 Å². The summed E-state index contributed by atoms with van der Waals surface area (Å²) in [6.07, 6.45) is 5.86. The van der Waals surface area contributed by atoms with Gasteiger partial charge < -0.3 is 14.9 Å². The van der Waals surface area contributed by atoms with E-state index in [4.69, 9.17) is 0 Å². The van der Waals surface area contributed by atoms with Gasteiger partial charge in [-0.15, -0.1) is 0 Å². The van der Waals surface area contributed by atoms with Gasteiger partial charge in [0.1, 0.15) is 17.8 Å². The third-order valence-corrected chi connectivity index (χ3v) is 4.31. The Morgan fingerprint density at radius 3 is 2.62 bits per heavy atom. The number of benzene rings is 1. The van der Waals surface area contributed by atoms with Crippen molar-refractivity contribution in [2.45, 2.75) is 0 Å². The number of nitrogens with zero attached hydrogens (tertiary/aromatic N) is 4. The molecular formula is C20H15N5O4. The third-order valence-electron chi connectivity index (χ3n) is 4.31. The van der Waals surface area contributed by atoms with Crippen molar-refractivity contribution >= 4 is 11.6 Å². The van der Waals surface area contributed by atoms with Gasteiger partial charge >= 0.3 is 0 Å². The summed E-state index contributed by atoms with van der Waals surface area (Å²) in [5.41, 5.74) is 1.34. The highest BCUT2D eigenvalue weighted by atomic mass is 16.5. The van der Waals surface area contributed by atoms with Crippen LogP contribution in [0.2, 0.25) is 0 Å². The van der Waals surface area contributed by atoms with E-state index in [1.54, 1.807) is 30.6 Å². The summed E-state index contributed by atoms with van der Waals surface area (Å²) >= 11 is 0. The maximum Gasteiger partial charge on any atom is 0.296 e. The Morgan fingerprint density at radius 2 is 1.93 bits per heavy atom. The summed E-state index contributed by atoms with van der Waals surface area (Å²) in [7, 11) is 1.48. The molecule has 0 unspecified atom stereocenters. The molecule has 3 aromatic heterocycles. The van der Waals surface area contributed by atoms with Crippen LogP contribution in [0.4, 0.5) is 5.69 Å². The Hall–Kier alpha value is -4.27. The molecule has 0 spiro atoms. The Labute approximate surface area is 164 Å². The van der Waals surface area contributed by atoms with Gasteiger partial charge in [-0.2, -0.15) is 0 Å². The van der Waals surface area contributed by atoms with Crippen molar-refractivity contribution in [2.24, 2.45) is 7.05 Å². The van der Waals surface area contributed by atoms with Gasteiger partial charge in [0.15, 0.2) is 5.69 Å². The van der Waals surface area contributed by atoms with Crippen molar-refractivity contribution in [2.75, 3.05) is 5.32 Å². The summed E-state index contributed by atoms with van der Waals surface area (Å²) in [5, 5.41) is 16.2. The molecule has 1 aromatic carbocycles. The Morgan fingerprint density at radius 1 is 1.14 bits per heavy atom. The number of carbonyl (C=O) groups is 1. The van der Waals surface area contributed by atoms with Gasteiger partial charge in [0.05, 0.1) is 6.20 Å². The molecule has 0 bridgehead atoms. The van der Waals surface area contributed by atoms with Crippen LogP contribution in [-0.2, 0) is 7.05 Å². The number of carbonyl (C=O) groups excluding carboxylic acids is 1. The predicted octanol–water partition coefficient (Wildman–Crippen LogP) is 2.46. The minimum absolute atomic E-state index is 0.225. The van der Waals surface area contributed by atoms with E-state index in [1.807, 2.05) is 18.2 Å². The first kappa shape index (κ1) is 18.1. The predicted molar refractivity (Wildman–Crippen MR) is 104 cm³/mol. The fourth-order valence-corrected chi connectivity index (χ4v) is 2.90. The van der Waals surface area contributed by atoms with E-state index < -0.39 is 22.9 Å². The molecule has 0 atom stereocenters. The summed E-state index contributed by atoms with van der Waals surface area (Å²) in [6.45, 7) is 0. The molecule has 0 fully saturated rings. The summed E-state index contributed by atoms with van der Waals surface area (Å²) in [4.78, 5) is 33.6. The number of amides is 1. The fourth-order valence-electron chi connectivity index (χ4n) is 2.90. The summed E-state index contributed by atoms with van der Waals surface area (Å²) < 4.78 is 5.86. The van der Waals surface area contributed by atoms with Crippen molar-refractivity contribution in [1.82, 2.24) is 19.7 Å². The molecule has 4 rings (SSSR count). The lowest BCUT2D eigenvalue weighted by molar-refractivity contribution is 0.101. The van der Waals surface area contributed by atoms with Crippen LogP contribution in [0.1, 0.15) is 10.5 Å². The van der Waals surface area contributed by atoms with E-state index in [1.165, 1.54) is 24.1 Å². The number of nitrogens with one attached hydrogen (secondary N) is 1. The van der Waals surface area contributed by atoms with Crippen molar-refractivity contribution < 1.29 is 14.4 Å². The molecule has 9 nitrogen and oxygen atoms in total. The number of pyridine rings is 1. The Kier molecular flexibility index (Phi) is 4.62. The van der Waals surface area contributed by atoms with E-state index in [0.29, 0.717) is 5.56 Å². The Balaban J connectivity index is 1.87. The van der Waals surface area contributed by atoms with E-state index in [2.05, 4.69) is 25.0 Å². The molecule has 2 N–H and O–H groups in total. The van der Waals surface area contributed by atoms with E-state index in [0.717, 1.165) is 11.1 Å². The highest BCUT2D eigenvalue weighted by Gasteiger charge is 2.22. The number of aromatic nitrogens is 4. The second-order valence-corrected chi connectivity index (χ2v) is 6.15. The first-order valence-corrected chi connectivity index (χ1v) is 8.57. The topological polar surface area (TPSA) is 123 Å². The number of hydrogen-bond donors (Lipinski definition) is 2. The van der Waals surface area contributed by atoms with Gasteiger partial charge in [0.25, 0.3) is 11.5 Å². The van der Waals surface area contributed by atoms with Crippen LogP contribution in [0.25, 0.3) is 22.5 Å². The molecule has 0 saturated carbocycles. The number of rotatable bonds is 4. The fraction of sp³-hybridized carbons (Fsp3) is 0.0500. The molecule has 0 saturated heterocycles. The zero-order chi connectivity index (χ0) is 20.4.